The number of nitrogens with zero attached hydrogens (tertiary/aromatic N) is 1. The van der Waals surface area contributed by atoms with E-state index < -0.39 is 5.91 Å². The Labute approximate surface area is 164 Å². The molecule has 144 valence electrons. The average Bonchev–Trinajstić information content (AvgIpc) is 2.93. The Morgan fingerprint density at radius 2 is 1.54 bits per heavy atom. The summed E-state index contributed by atoms with van der Waals surface area (Å²) >= 11 is 0. The summed E-state index contributed by atoms with van der Waals surface area (Å²) in [7, 11) is 0. The van der Waals surface area contributed by atoms with E-state index in [4.69, 9.17) is 10.5 Å². The third-order valence-corrected chi connectivity index (χ3v) is 4.70. The normalized spacial score (nSPS) is 10.7. The molecule has 0 aliphatic carbocycles. The Kier molecular flexibility index (Phi) is 5.36. The van der Waals surface area contributed by atoms with Crippen molar-refractivity contribution in [2.75, 3.05) is 6.61 Å². The highest BCUT2D eigenvalue weighted by molar-refractivity contribution is 5.99. The van der Waals surface area contributed by atoms with Gasteiger partial charge in [-0.05, 0) is 81.3 Å². The zero-order valence-corrected chi connectivity index (χ0v) is 16.6. The van der Waals surface area contributed by atoms with Gasteiger partial charge >= 0.3 is 0 Å². The van der Waals surface area contributed by atoms with Crippen LogP contribution in [0, 0.1) is 27.7 Å². The number of hydrogen-bond donors (Lipinski definition) is 1. The number of aryl methyl sites for hydroxylation is 3. The molecule has 5 nitrogen and oxygen atoms in total. The molecular weight excluding hydrogens is 352 g/mol. The van der Waals surface area contributed by atoms with Crippen LogP contribution in [-0.2, 0) is 0 Å². The molecule has 28 heavy (non-hydrogen) atoms. The minimum Gasteiger partial charge on any atom is -0.485 e. The van der Waals surface area contributed by atoms with Crippen molar-refractivity contribution in [3.63, 3.8) is 0 Å². The number of primary amides is 1. The summed E-state index contributed by atoms with van der Waals surface area (Å²) in [4.78, 5) is 23.9. The zero-order chi connectivity index (χ0) is 20.4. The van der Waals surface area contributed by atoms with Crippen LogP contribution >= 0.6 is 0 Å². The van der Waals surface area contributed by atoms with Crippen molar-refractivity contribution in [2.24, 2.45) is 5.73 Å². The number of ketones is 1. The highest BCUT2D eigenvalue weighted by Gasteiger charge is 2.17. The van der Waals surface area contributed by atoms with Gasteiger partial charge in [0.1, 0.15) is 5.75 Å². The van der Waals surface area contributed by atoms with Crippen LogP contribution in [0.1, 0.15) is 43.2 Å². The average molecular weight is 376 g/mol. The second-order valence-electron chi connectivity index (χ2n) is 7.07. The van der Waals surface area contributed by atoms with E-state index in [0.717, 1.165) is 17.1 Å². The van der Waals surface area contributed by atoms with Crippen LogP contribution in [0.5, 0.6) is 5.75 Å². The van der Waals surface area contributed by atoms with Gasteiger partial charge in [0, 0.05) is 28.2 Å². The molecule has 2 N–H and O–H groups in total. The predicted octanol–water partition coefficient (Wildman–Crippen LogP) is 4.07. The molecule has 1 heterocycles. The van der Waals surface area contributed by atoms with Crippen molar-refractivity contribution < 1.29 is 14.3 Å². The third-order valence-electron chi connectivity index (χ3n) is 4.70. The lowest BCUT2D eigenvalue weighted by Crippen LogP contribution is -2.13. The Hall–Kier alpha value is -3.34. The van der Waals surface area contributed by atoms with Gasteiger partial charge in [-0.3, -0.25) is 9.59 Å². The Bertz CT molecular complexity index is 1030. The van der Waals surface area contributed by atoms with Crippen molar-refractivity contribution in [3.8, 4) is 11.4 Å². The van der Waals surface area contributed by atoms with Gasteiger partial charge in [0.05, 0.1) is 0 Å². The highest BCUT2D eigenvalue weighted by atomic mass is 16.5. The van der Waals surface area contributed by atoms with E-state index in [1.807, 2.05) is 19.9 Å². The quantitative estimate of drug-likeness (QED) is 0.659. The lowest BCUT2D eigenvalue weighted by Gasteiger charge is -2.12. The Morgan fingerprint density at radius 3 is 2.11 bits per heavy atom. The molecule has 0 atom stereocenters. The van der Waals surface area contributed by atoms with E-state index in [9.17, 15) is 9.59 Å². The standard InChI is InChI=1S/C23H24N2O3/c1-14-9-15(2)11-19(10-14)25-16(3)12-21(17(25)4)22(26)13-28-20-7-5-18(6-8-20)23(24)27/h5-12H,13H2,1-4H3,(H2,24,27). The fraction of sp³-hybridized carbons (Fsp3) is 0.217. The van der Waals surface area contributed by atoms with Crippen molar-refractivity contribution >= 4 is 11.7 Å². The molecule has 0 saturated carbocycles. The molecule has 0 aliphatic heterocycles. The Morgan fingerprint density at radius 1 is 0.929 bits per heavy atom. The summed E-state index contributed by atoms with van der Waals surface area (Å²) in [5.41, 5.74) is 11.6. The minimum atomic E-state index is -0.499. The number of ether oxygens (including phenoxy) is 1. The molecule has 3 aromatic rings. The van der Waals surface area contributed by atoms with Crippen molar-refractivity contribution in [2.45, 2.75) is 27.7 Å². The van der Waals surface area contributed by atoms with Gasteiger partial charge in [-0.1, -0.05) is 6.07 Å². The number of benzene rings is 2. The first-order chi connectivity index (χ1) is 13.3. The van der Waals surface area contributed by atoms with E-state index in [1.54, 1.807) is 24.3 Å². The molecular formula is C23H24N2O3. The van der Waals surface area contributed by atoms with Crippen LogP contribution in [0.15, 0.2) is 48.5 Å². The highest BCUT2D eigenvalue weighted by Crippen LogP contribution is 2.23. The van der Waals surface area contributed by atoms with Crippen molar-refractivity contribution in [3.05, 3.63) is 82.2 Å². The lowest BCUT2D eigenvalue weighted by molar-refractivity contribution is 0.0919. The smallest absolute Gasteiger partial charge is 0.248 e. The number of rotatable bonds is 6. The third kappa shape index (κ3) is 3.98. The maximum atomic E-state index is 12.7. The number of hydrogen-bond acceptors (Lipinski definition) is 3. The van der Waals surface area contributed by atoms with Crippen molar-refractivity contribution in [1.29, 1.82) is 0 Å². The first-order valence-electron chi connectivity index (χ1n) is 9.09. The maximum absolute atomic E-state index is 12.7. The number of nitrogens with two attached hydrogens (primary N) is 1. The molecule has 2 aromatic carbocycles. The van der Waals surface area contributed by atoms with E-state index in [-0.39, 0.29) is 12.4 Å². The molecule has 3 rings (SSSR count). The SMILES string of the molecule is Cc1cc(C)cc(-n2c(C)cc(C(=O)COc3ccc(C(N)=O)cc3)c2C)c1. The summed E-state index contributed by atoms with van der Waals surface area (Å²) in [5.74, 6) is -0.0781. The van der Waals surface area contributed by atoms with Gasteiger partial charge < -0.3 is 15.0 Å². The molecule has 0 saturated heterocycles. The fourth-order valence-corrected chi connectivity index (χ4v) is 3.46. The van der Waals surface area contributed by atoms with Gasteiger partial charge in [0.25, 0.3) is 0 Å². The summed E-state index contributed by atoms with van der Waals surface area (Å²) in [5, 5.41) is 0. The molecule has 0 spiro atoms. The van der Waals surface area contributed by atoms with Gasteiger partial charge in [-0.15, -0.1) is 0 Å². The summed E-state index contributed by atoms with van der Waals surface area (Å²) in [6, 6.07) is 14.7. The van der Waals surface area contributed by atoms with E-state index >= 15 is 0 Å². The van der Waals surface area contributed by atoms with Crippen LogP contribution < -0.4 is 10.5 Å². The van der Waals surface area contributed by atoms with Crippen LogP contribution in [-0.4, -0.2) is 22.9 Å². The second kappa shape index (κ2) is 7.72. The van der Waals surface area contributed by atoms with Crippen LogP contribution in [0.2, 0.25) is 0 Å². The largest absolute Gasteiger partial charge is 0.485 e. The van der Waals surface area contributed by atoms with E-state index in [0.29, 0.717) is 16.9 Å². The number of carbonyl (C=O) groups is 2. The second-order valence-corrected chi connectivity index (χ2v) is 7.07. The first kappa shape index (κ1) is 19.4. The summed E-state index contributed by atoms with van der Waals surface area (Å²) < 4.78 is 7.69. The molecule has 1 amide bonds. The molecule has 0 unspecified atom stereocenters. The molecule has 5 heteroatoms. The number of Topliss-reactive ketones (excluding diaryl/α,β-unsaturated/α-hetero) is 1. The molecule has 1 aromatic heterocycles. The number of amides is 1. The van der Waals surface area contributed by atoms with E-state index in [1.165, 1.54) is 11.1 Å². The topological polar surface area (TPSA) is 74.3 Å². The fourth-order valence-electron chi connectivity index (χ4n) is 3.46. The summed E-state index contributed by atoms with van der Waals surface area (Å²) in [6.07, 6.45) is 0. The monoisotopic (exact) mass is 376 g/mol. The molecule has 0 radical (unpaired) electrons. The predicted molar refractivity (Wildman–Crippen MR) is 110 cm³/mol. The van der Waals surface area contributed by atoms with E-state index in [2.05, 4.69) is 36.6 Å². The van der Waals surface area contributed by atoms with Gasteiger partial charge in [0.2, 0.25) is 11.7 Å². The van der Waals surface area contributed by atoms with Crippen LogP contribution in [0.4, 0.5) is 0 Å². The maximum Gasteiger partial charge on any atom is 0.248 e. The lowest BCUT2D eigenvalue weighted by atomic mass is 10.1. The van der Waals surface area contributed by atoms with Crippen molar-refractivity contribution in [1.82, 2.24) is 4.57 Å². The van der Waals surface area contributed by atoms with Gasteiger partial charge in [-0.2, -0.15) is 0 Å². The summed E-state index contributed by atoms with van der Waals surface area (Å²) in [6.45, 7) is 7.99. The first-order valence-corrected chi connectivity index (χ1v) is 9.09. The molecule has 0 aliphatic rings. The van der Waals surface area contributed by atoms with Gasteiger partial charge in [0.15, 0.2) is 6.61 Å². The molecule has 0 bridgehead atoms. The van der Waals surface area contributed by atoms with Crippen LogP contribution in [0.25, 0.3) is 5.69 Å². The van der Waals surface area contributed by atoms with Crippen LogP contribution in [0.3, 0.4) is 0 Å². The zero-order valence-electron chi connectivity index (χ0n) is 16.6. The Balaban J connectivity index is 1.80. The van der Waals surface area contributed by atoms with Gasteiger partial charge in [-0.25, -0.2) is 0 Å². The minimum absolute atomic E-state index is 0.0763. The molecule has 0 fully saturated rings. The number of aromatic nitrogens is 1. The number of carbonyl (C=O) groups excluding carboxylic acids is 2.